The molecular weight excluding hydrogens is 366 g/mol. The molecule has 0 aromatic heterocycles. The number of carbonyl (C=O) groups is 1. The van der Waals surface area contributed by atoms with Crippen molar-refractivity contribution < 1.29 is 14.8 Å². The highest BCUT2D eigenvalue weighted by Crippen LogP contribution is 2.38. The molecule has 3 rings (SSSR count). The fourth-order valence-electron chi connectivity index (χ4n) is 3.28. The van der Waals surface area contributed by atoms with Crippen LogP contribution in [-0.4, -0.2) is 15.8 Å². The topological polar surface area (TPSA) is 80.4 Å². The molecule has 2 atom stereocenters. The molecule has 27 heavy (non-hydrogen) atoms. The van der Waals surface area contributed by atoms with E-state index in [9.17, 15) is 20.0 Å². The van der Waals surface area contributed by atoms with Crippen molar-refractivity contribution in [2.45, 2.75) is 19.4 Å². The number of carbonyl (C=O) groups excluding carboxylic acids is 1. The molecule has 0 amide bonds. The van der Waals surface area contributed by atoms with Gasteiger partial charge in [-0.2, -0.15) is 0 Å². The average Bonchev–Trinajstić information content (AvgIpc) is 2.67. The molecule has 0 heterocycles. The van der Waals surface area contributed by atoms with Gasteiger partial charge in [0, 0.05) is 29.5 Å². The molecule has 0 aliphatic heterocycles. The van der Waals surface area contributed by atoms with Gasteiger partial charge in [-0.3, -0.25) is 14.9 Å². The Hall–Kier alpha value is -2.76. The Bertz CT molecular complexity index is 930. The third-order valence-electron chi connectivity index (χ3n) is 4.81. The second-order valence-corrected chi connectivity index (χ2v) is 6.93. The van der Waals surface area contributed by atoms with Crippen LogP contribution in [0.15, 0.2) is 66.3 Å². The highest BCUT2D eigenvalue weighted by molar-refractivity contribution is 6.30. The number of aliphatic hydroxyl groups is 1. The van der Waals surface area contributed by atoms with Gasteiger partial charge in [-0.05, 0) is 59.5 Å². The van der Waals surface area contributed by atoms with E-state index in [1.807, 2.05) is 19.1 Å². The van der Waals surface area contributed by atoms with Crippen molar-refractivity contribution in [3.05, 3.63) is 92.5 Å². The van der Waals surface area contributed by atoms with Crippen LogP contribution in [0.5, 0.6) is 0 Å². The van der Waals surface area contributed by atoms with Gasteiger partial charge in [-0.25, -0.2) is 0 Å². The average molecular weight is 384 g/mol. The minimum atomic E-state index is -0.947. The summed E-state index contributed by atoms with van der Waals surface area (Å²) in [4.78, 5) is 22.3. The number of ketones is 1. The van der Waals surface area contributed by atoms with Gasteiger partial charge in [0.2, 0.25) is 0 Å². The number of aliphatic hydroxyl groups excluding tert-OH is 1. The van der Waals surface area contributed by atoms with Crippen LogP contribution in [0.25, 0.3) is 5.57 Å². The van der Waals surface area contributed by atoms with Crippen molar-refractivity contribution in [2.24, 2.45) is 5.92 Å². The molecule has 5 nitrogen and oxygen atoms in total. The van der Waals surface area contributed by atoms with Crippen molar-refractivity contribution in [3.63, 3.8) is 0 Å². The highest BCUT2D eigenvalue weighted by atomic mass is 35.5. The summed E-state index contributed by atoms with van der Waals surface area (Å²) in [6, 6.07) is 13.1. The van der Waals surface area contributed by atoms with Gasteiger partial charge >= 0.3 is 0 Å². The van der Waals surface area contributed by atoms with Crippen molar-refractivity contribution in [2.75, 3.05) is 0 Å². The first-order chi connectivity index (χ1) is 12.9. The van der Waals surface area contributed by atoms with Crippen LogP contribution in [0, 0.1) is 16.0 Å². The minimum absolute atomic E-state index is 0.0429. The molecule has 0 fully saturated rings. The first-order valence-corrected chi connectivity index (χ1v) is 8.84. The standard InChI is InChI=1S/C21H18ClNO4/c1-13(14-2-6-16(22)7-3-14)19-11-10-18(24)12-20(19)21(25)15-4-8-17(9-5-15)23(26)27/h2-11,20-21,25H,12H2,1H3/b19-13-/t20-,21+/m1/s1. The summed E-state index contributed by atoms with van der Waals surface area (Å²) >= 11 is 5.95. The molecule has 1 aliphatic rings. The minimum Gasteiger partial charge on any atom is -0.388 e. The van der Waals surface area contributed by atoms with Gasteiger partial charge in [-0.1, -0.05) is 29.8 Å². The summed E-state index contributed by atoms with van der Waals surface area (Å²) < 4.78 is 0. The van der Waals surface area contributed by atoms with E-state index in [0.717, 1.165) is 16.7 Å². The van der Waals surface area contributed by atoms with Gasteiger partial charge in [0.25, 0.3) is 5.69 Å². The first-order valence-electron chi connectivity index (χ1n) is 8.47. The maximum atomic E-state index is 12.0. The number of benzene rings is 2. The van der Waals surface area contributed by atoms with Gasteiger partial charge in [0.1, 0.15) is 0 Å². The first kappa shape index (κ1) is 19.0. The van der Waals surface area contributed by atoms with Crippen molar-refractivity contribution >= 4 is 28.6 Å². The molecule has 0 bridgehead atoms. The molecule has 6 heteroatoms. The van der Waals surface area contributed by atoms with E-state index in [0.29, 0.717) is 10.6 Å². The lowest BCUT2D eigenvalue weighted by atomic mass is 9.78. The largest absolute Gasteiger partial charge is 0.388 e. The molecule has 2 aromatic rings. The molecule has 1 N–H and O–H groups in total. The highest BCUT2D eigenvalue weighted by Gasteiger charge is 2.30. The maximum absolute atomic E-state index is 12.0. The zero-order valence-corrected chi connectivity index (χ0v) is 15.4. The zero-order valence-electron chi connectivity index (χ0n) is 14.6. The Balaban J connectivity index is 1.98. The SMILES string of the molecule is C/C(=C1\C=CC(=O)C[C@H]1[C@@H](O)c1ccc([N+](=O)[O-])cc1)c1ccc(Cl)cc1. The lowest BCUT2D eigenvalue weighted by molar-refractivity contribution is -0.384. The fourth-order valence-corrected chi connectivity index (χ4v) is 3.40. The smallest absolute Gasteiger partial charge is 0.269 e. The van der Waals surface area contributed by atoms with Crippen LogP contribution < -0.4 is 0 Å². The fraction of sp³-hybridized carbons (Fsp3) is 0.190. The summed E-state index contributed by atoms with van der Waals surface area (Å²) in [5.74, 6) is -0.492. The van der Waals surface area contributed by atoms with Gasteiger partial charge in [-0.15, -0.1) is 0 Å². The van der Waals surface area contributed by atoms with Crippen molar-refractivity contribution in [3.8, 4) is 0 Å². The molecule has 0 saturated heterocycles. The maximum Gasteiger partial charge on any atom is 0.269 e. The van der Waals surface area contributed by atoms with Crippen LogP contribution in [-0.2, 0) is 4.79 Å². The number of hydrogen-bond acceptors (Lipinski definition) is 4. The number of nitro benzene ring substituents is 1. The molecule has 2 aromatic carbocycles. The Labute approximate surface area is 161 Å². The third-order valence-corrected chi connectivity index (χ3v) is 5.06. The number of nitrogens with zero attached hydrogens (tertiary/aromatic N) is 1. The Morgan fingerprint density at radius 2 is 1.78 bits per heavy atom. The van der Waals surface area contributed by atoms with E-state index in [4.69, 9.17) is 11.6 Å². The molecule has 1 aliphatic carbocycles. The van der Waals surface area contributed by atoms with Crippen LogP contribution in [0.3, 0.4) is 0 Å². The van der Waals surface area contributed by atoms with Crippen molar-refractivity contribution in [1.29, 1.82) is 0 Å². The molecule has 0 spiro atoms. The summed E-state index contributed by atoms with van der Waals surface area (Å²) in [7, 11) is 0. The van der Waals surface area contributed by atoms with Crippen LogP contribution in [0.4, 0.5) is 5.69 Å². The number of halogens is 1. The van der Waals surface area contributed by atoms with E-state index in [2.05, 4.69) is 0 Å². The quantitative estimate of drug-likeness (QED) is 0.601. The number of nitro groups is 1. The van der Waals surface area contributed by atoms with E-state index >= 15 is 0 Å². The molecule has 138 valence electrons. The predicted octanol–water partition coefficient (Wildman–Crippen LogP) is 4.90. The van der Waals surface area contributed by atoms with Crippen LogP contribution in [0.2, 0.25) is 5.02 Å². The lowest BCUT2D eigenvalue weighted by Crippen LogP contribution is -2.21. The number of rotatable bonds is 4. The van der Waals surface area contributed by atoms with Crippen LogP contribution >= 0.6 is 11.6 Å². The summed E-state index contributed by atoms with van der Waals surface area (Å²) in [5, 5.41) is 22.3. The lowest BCUT2D eigenvalue weighted by Gasteiger charge is -2.28. The number of non-ortho nitro benzene ring substituents is 1. The Morgan fingerprint density at radius 3 is 2.37 bits per heavy atom. The predicted molar refractivity (Wildman–Crippen MR) is 104 cm³/mol. The van der Waals surface area contributed by atoms with Gasteiger partial charge in [0.05, 0.1) is 11.0 Å². The monoisotopic (exact) mass is 383 g/mol. The van der Waals surface area contributed by atoms with Gasteiger partial charge in [0.15, 0.2) is 5.78 Å². The summed E-state index contributed by atoms with van der Waals surface area (Å²) in [6.45, 7) is 1.94. The normalized spacial score (nSPS) is 19.7. The van der Waals surface area contributed by atoms with E-state index < -0.39 is 16.9 Å². The van der Waals surface area contributed by atoms with E-state index in [-0.39, 0.29) is 17.9 Å². The zero-order chi connectivity index (χ0) is 19.6. The Morgan fingerprint density at radius 1 is 1.15 bits per heavy atom. The van der Waals surface area contributed by atoms with E-state index in [1.54, 1.807) is 18.2 Å². The number of hydrogen-bond donors (Lipinski definition) is 1. The molecule has 0 unspecified atom stereocenters. The Kier molecular flexibility index (Phi) is 5.54. The second-order valence-electron chi connectivity index (χ2n) is 6.49. The van der Waals surface area contributed by atoms with E-state index in [1.165, 1.54) is 30.3 Å². The number of allylic oxidation sites excluding steroid dienone is 3. The molecular formula is C21H18ClNO4. The molecule has 0 radical (unpaired) electrons. The van der Waals surface area contributed by atoms with Crippen molar-refractivity contribution in [1.82, 2.24) is 0 Å². The molecule has 0 saturated carbocycles. The van der Waals surface area contributed by atoms with Gasteiger partial charge < -0.3 is 5.11 Å². The third kappa shape index (κ3) is 4.15. The summed E-state index contributed by atoms with van der Waals surface area (Å²) in [6.07, 6.45) is 2.49. The summed E-state index contributed by atoms with van der Waals surface area (Å²) in [5.41, 5.74) is 3.26. The van der Waals surface area contributed by atoms with Crippen LogP contribution in [0.1, 0.15) is 30.6 Å². The second kappa shape index (κ2) is 7.86.